The summed E-state index contributed by atoms with van der Waals surface area (Å²) in [6, 6.07) is 6.90. The first-order valence-corrected chi connectivity index (χ1v) is 8.34. The lowest BCUT2D eigenvalue weighted by atomic mass is 10.1. The Morgan fingerprint density at radius 1 is 1.11 bits per heavy atom. The fourth-order valence-electron chi connectivity index (χ4n) is 2.98. The molecule has 1 aromatic heterocycles. The molecule has 1 atom stereocenters. The van der Waals surface area contributed by atoms with Crippen molar-refractivity contribution in [3.63, 3.8) is 0 Å². The molecular weight excluding hydrogens is 383 g/mol. The van der Waals surface area contributed by atoms with E-state index >= 15 is 0 Å². The van der Waals surface area contributed by atoms with Crippen LogP contribution in [0.2, 0.25) is 5.02 Å². The smallest absolute Gasteiger partial charge is 0.258 e. The first-order valence-electron chi connectivity index (χ1n) is 7.96. The van der Waals surface area contributed by atoms with E-state index in [0.717, 1.165) is 18.2 Å². The van der Waals surface area contributed by atoms with Crippen molar-refractivity contribution < 1.29 is 22.5 Å². The van der Waals surface area contributed by atoms with Gasteiger partial charge in [-0.05, 0) is 30.3 Å². The van der Waals surface area contributed by atoms with Gasteiger partial charge in [-0.1, -0.05) is 16.8 Å². The summed E-state index contributed by atoms with van der Waals surface area (Å²) in [6.07, 6.45) is 0.117. The van der Waals surface area contributed by atoms with Crippen LogP contribution in [-0.4, -0.2) is 22.6 Å². The Labute approximate surface area is 156 Å². The summed E-state index contributed by atoms with van der Waals surface area (Å²) in [5.41, 5.74) is 0.572. The highest BCUT2D eigenvalue weighted by Gasteiger charge is 2.35. The molecule has 1 amide bonds. The van der Waals surface area contributed by atoms with E-state index in [4.69, 9.17) is 16.1 Å². The summed E-state index contributed by atoms with van der Waals surface area (Å²) < 4.78 is 45.1. The van der Waals surface area contributed by atoms with Crippen LogP contribution in [0, 0.1) is 17.5 Å². The first-order chi connectivity index (χ1) is 12.9. The molecule has 0 saturated carbocycles. The zero-order valence-corrected chi connectivity index (χ0v) is 14.4. The van der Waals surface area contributed by atoms with Crippen LogP contribution in [0.4, 0.5) is 18.9 Å². The van der Waals surface area contributed by atoms with Gasteiger partial charge >= 0.3 is 0 Å². The second kappa shape index (κ2) is 6.70. The molecule has 1 aliphatic heterocycles. The van der Waals surface area contributed by atoms with Gasteiger partial charge < -0.3 is 9.42 Å². The number of carbonyl (C=O) groups is 1. The van der Waals surface area contributed by atoms with Crippen LogP contribution >= 0.6 is 11.6 Å². The molecule has 4 rings (SSSR count). The Morgan fingerprint density at radius 3 is 2.56 bits per heavy atom. The monoisotopic (exact) mass is 393 g/mol. The molecule has 2 heterocycles. The molecule has 1 unspecified atom stereocenters. The number of halogens is 4. The number of carbonyl (C=O) groups excluding carboxylic acids is 1. The third-order valence-corrected chi connectivity index (χ3v) is 4.55. The van der Waals surface area contributed by atoms with Gasteiger partial charge in [0, 0.05) is 36.2 Å². The topological polar surface area (TPSA) is 59.2 Å². The Morgan fingerprint density at radius 2 is 1.85 bits per heavy atom. The second-order valence-electron chi connectivity index (χ2n) is 6.12. The highest BCUT2D eigenvalue weighted by molar-refractivity contribution is 6.31. The third kappa shape index (κ3) is 3.40. The lowest BCUT2D eigenvalue weighted by Gasteiger charge is -2.16. The predicted molar refractivity (Wildman–Crippen MR) is 90.8 cm³/mol. The van der Waals surface area contributed by atoms with Gasteiger partial charge in [-0.3, -0.25) is 4.79 Å². The number of benzene rings is 2. The van der Waals surface area contributed by atoms with E-state index in [1.165, 1.54) is 23.1 Å². The van der Waals surface area contributed by atoms with Crippen LogP contribution in [-0.2, 0) is 4.79 Å². The van der Waals surface area contributed by atoms with Crippen molar-refractivity contribution in [1.29, 1.82) is 0 Å². The Balaban J connectivity index is 1.57. The fraction of sp³-hybridized carbons (Fsp3) is 0.167. The molecule has 2 aromatic carbocycles. The molecule has 138 valence electrons. The highest BCUT2D eigenvalue weighted by atomic mass is 35.5. The lowest BCUT2D eigenvalue weighted by Crippen LogP contribution is -2.24. The molecule has 9 heteroatoms. The van der Waals surface area contributed by atoms with E-state index < -0.39 is 17.5 Å². The van der Waals surface area contributed by atoms with Gasteiger partial charge in [0.25, 0.3) is 5.89 Å². The molecule has 0 N–H and O–H groups in total. The Bertz CT molecular complexity index is 1020. The molecule has 3 aromatic rings. The van der Waals surface area contributed by atoms with Crippen molar-refractivity contribution >= 4 is 23.2 Å². The largest absolute Gasteiger partial charge is 0.334 e. The van der Waals surface area contributed by atoms with Gasteiger partial charge in [0.05, 0.1) is 5.02 Å². The van der Waals surface area contributed by atoms with Crippen LogP contribution in [0.5, 0.6) is 0 Å². The van der Waals surface area contributed by atoms with Crippen LogP contribution < -0.4 is 4.90 Å². The molecular formula is C18H11ClF3N3O2. The number of aromatic nitrogens is 2. The Kier molecular flexibility index (Phi) is 4.35. The summed E-state index contributed by atoms with van der Waals surface area (Å²) in [6.45, 7) is 0.247. The van der Waals surface area contributed by atoms with Crippen molar-refractivity contribution in [2.75, 3.05) is 11.4 Å². The van der Waals surface area contributed by atoms with E-state index in [0.29, 0.717) is 5.69 Å². The van der Waals surface area contributed by atoms with Crippen molar-refractivity contribution in [3.8, 4) is 11.5 Å². The summed E-state index contributed by atoms with van der Waals surface area (Å²) >= 11 is 5.78. The second-order valence-corrected chi connectivity index (χ2v) is 6.53. The van der Waals surface area contributed by atoms with Crippen molar-refractivity contribution in [2.45, 2.75) is 12.3 Å². The van der Waals surface area contributed by atoms with Gasteiger partial charge in [-0.25, -0.2) is 13.2 Å². The average molecular weight is 394 g/mol. The number of hydrogen-bond acceptors (Lipinski definition) is 4. The van der Waals surface area contributed by atoms with E-state index in [2.05, 4.69) is 10.1 Å². The fourth-order valence-corrected chi connectivity index (χ4v) is 3.15. The molecule has 0 spiro atoms. The highest BCUT2D eigenvalue weighted by Crippen LogP contribution is 2.33. The van der Waals surface area contributed by atoms with Crippen LogP contribution in [0.3, 0.4) is 0 Å². The van der Waals surface area contributed by atoms with E-state index in [-0.39, 0.29) is 47.1 Å². The van der Waals surface area contributed by atoms with Gasteiger partial charge in [-0.15, -0.1) is 0 Å². The maximum atomic E-state index is 13.4. The van der Waals surface area contributed by atoms with Crippen molar-refractivity contribution in [3.05, 3.63) is 64.7 Å². The number of amides is 1. The third-order valence-electron chi connectivity index (χ3n) is 4.26. The summed E-state index contributed by atoms with van der Waals surface area (Å²) in [4.78, 5) is 17.9. The Hall–Kier alpha value is -2.87. The molecule has 0 aliphatic carbocycles. The zero-order valence-electron chi connectivity index (χ0n) is 13.6. The molecule has 0 radical (unpaired) electrons. The first kappa shape index (κ1) is 17.5. The van der Waals surface area contributed by atoms with Gasteiger partial charge in [0.2, 0.25) is 5.91 Å². The predicted octanol–water partition coefficient (Wildman–Crippen LogP) is 4.33. The summed E-state index contributed by atoms with van der Waals surface area (Å²) in [7, 11) is 0. The van der Waals surface area contributed by atoms with E-state index in [9.17, 15) is 18.0 Å². The molecule has 1 aliphatic rings. The number of nitrogens with zero attached hydrogens (tertiary/aromatic N) is 3. The standard InChI is InChI=1S/C18H11ClF3N3O2/c19-14-7-13(1-2-15(14)22)25-8-10(5-16(25)26)17-23-18(27-24-17)9-3-11(20)6-12(21)4-9/h1-4,6-7,10H,5,8H2. The van der Waals surface area contributed by atoms with Crippen molar-refractivity contribution in [1.82, 2.24) is 10.1 Å². The minimum atomic E-state index is -0.764. The van der Waals surface area contributed by atoms with E-state index in [1.807, 2.05) is 0 Å². The number of anilines is 1. The molecule has 0 bridgehead atoms. The van der Waals surface area contributed by atoms with Gasteiger partial charge in [-0.2, -0.15) is 4.98 Å². The number of rotatable bonds is 3. The van der Waals surface area contributed by atoms with E-state index in [1.54, 1.807) is 0 Å². The quantitative estimate of drug-likeness (QED) is 0.664. The summed E-state index contributed by atoms with van der Waals surface area (Å²) in [5, 5.41) is 3.75. The maximum absolute atomic E-state index is 13.4. The minimum Gasteiger partial charge on any atom is -0.334 e. The normalized spacial score (nSPS) is 17.0. The lowest BCUT2D eigenvalue weighted by molar-refractivity contribution is -0.117. The van der Waals surface area contributed by atoms with Crippen molar-refractivity contribution in [2.24, 2.45) is 0 Å². The SMILES string of the molecule is O=C1CC(c2noc(-c3cc(F)cc(F)c3)n2)CN1c1ccc(F)c(Cl)c1. The minimum absolute atomic E-state index is 0.0425. The van der Waals surface area contributed by atoms with Gasteiger partial charge in [0.1, 0.15) is 17.5 Å². The van der Waals surface area contributed by atoms with Gasteiger partial charge in [0.15, 0.2) is 5.82 Å². The maximum Gasteiger partial charge on any atom is 0.258 e. The van der Waals surface area contributed by atoms with Crippen LogP contribution in [0.15, 0.2) is 40.9 Å². The average Bonchev–Trinajstić information content (AvgIpc) is 3.23. The molecule has 27 heavy (non-hydrogen) atoms. The molecule has 1 saturated heterocycles. The number of hydrogen-bond donors (Lipinski definition) is 0. The zero-order chi connectivity index (χ0) is 19.1. The van der Waals surface area contributed by atoms with Crippen LogP contribution in [0.25, 0.3) is 11.5 Å². The van der Waals surface area contributed by atoms with Crippen LogP contribution in [0.1, 0.15) is 18.2 Å². The summed E-state index contributed by atoms with van der Waals surface area (Å²) in [5.74, 6) is -2.48. The molecule has 1 fully saturated rings. The molecule has 5 nitrogen and oxygen atoms in total.